The van der Waals surface area contributed by atoms with Gasteiger partial charge in [-0.05, 0) is 18.6 Å². The Morgan fingerprint density at radius 1 is 1.50 bits per heavy atom. The fourth-order valence-corrected chi connectivity index (χ4v) is 2.30. The summed E-state index contributed by atoms with van der Waals surface area (Å²) in [7, 11) is 0. The van der Waals surface area contributed by atoms with Crippen LogP contribution in [0.1, 0.15) is 6.42 Å². The number of nitrogens with zero attached hydrogens (tertiary/aromatic N) is 2. The zero-order chi connectivity index (χ0) is 11.4. The van der Waals surface area contributed by atoms with Gasteiger partial charge in [-0.3, -0.25) is 5.32 Å². The van der Waals surface area contributed by atoms with Crippen molar-refractivity contribution in [3.8, 4) is 6.07 Å². The molecule has 1 heterocycles. The normalized spacial score (nSPS) is 19.8. The van der Waals surface area contributed by atoms with Crippen LogP contribution in [0.4, 0.5) is 5.69 Å². The van der Waals surface area contributed by atoms with Crippen molar-refractivity contribution < 1.29 is 0 Å². The maximum absolute atomic E-state index is 8.51. The van der Waals surface area contributed by atoms with E-state index in [-0.39, 0.29) is 0 Å². The van der Waals surface area contributed by atoms with Crippen LogP contribution in [0.25, 0.3) is 0 Å². The largest absolute Gasteiger partial charge is 0.369 e. The summed E-state index contributed by atoms with van der Waals surface area (Å²) >= 11 is 6.14. The first kappa shape index (κ1) is 11.3. The van der Waals surface area contributed by atoms with E-state index in [1.807, 2.05) is 24.3 Å². The molecule has 1 aliphatic rings. The molecule has 0 radical (unpaired) electrons. The lowest BCUT2D eigenvalue weighted by molar-refractivity contribution is 0.591. The minimum atomic E-state index is 0.399. The van der Waals surface area contributed by atoms with Crippen molar-refractivity contribution in [1.82, 2.24) is 5.32 Å². The molecule has 1 aromatic carbocycles. The minimum Gasteiger partial charge on any atom is -0.369 e. The number of hydrogen-bond acceptors (Lipinski definition) is 3. The van der Waals surface area contributed by atoms with Crippen molar-refractivity contribution in [2.45, 2.75) is 12.5 Å². The SMILES string of the molecule is N#CCNC1CCN(c2ccccc2Cl)C1. The molecule has 84 valence electrons. The van der Waals surface area contributed by atoms with Gasteiger partial charge in [0.25, 0.3) is 0 Å². The number of halogens is 1. The van der Waals surface area contributed by atoms with Crippen LogP contribution in [0.5, 0.6) is 0 Å². The number of anilines is 1. The molecule has 1 N–H and O–H groups in total. The Morgan fingerprint density at radius 2 is 2.31 bits per heavy atom. The molecule has 1 atom stereocenters. The van der Waals surface area contributed by atoms with Gasteiger partial charge in [0.2, 0.25) is 0 Å². The molecule has 3 nitrogen and oxygen atoms in total. The molecule has 4 heteroatoms. The fourth-order valence-electron chi connectivity index (χ4n) is 2.04. The fraction of sp³-hybridized carbons (Fsp3) is 0.417. The van der Waals surface area contributed by atoms with Crippen LogP contribution >= 0.6 is 11.6 Å². The zero-order valence-electron chi connectivity index (χ0n) is 8.99. The molecule has 0 spiro atoms. The van der Waals surface area contributed by atoms with Gasteiger partial charge in [0.1, 0.15) is 0 Å². The first-order chi connectivity index (χ1) is 7.81. The van der Waals surface area contributed by atoms with Crippen molar-refractivity contribution in [2.24, 2.45) is 0 Å². The Balaban J connectivity index is 1.99. The van der Waals surface area contributed by atoms with Gasteiger partial charge >= 0.3 is 0 Å². The Kier molecular flexibility index (Phi) is 3.66. The first-order valence-electron chi connectivity index (χ1n) is 5.41. The Labute approximate surface area is 101 Å². The highest BCUT2D eigenvalue weighted by Gasteiger charge is 2.23. The Hall–Kier alpha value is -1.24. The number of nitrogens with one attached hydrogen (secondary N) is 1. The predicted octanol–water partition coefficient (Wildman–Crippen LogP) is 2.03. The van der Waals surface area contributed by atoms with E-state index in [2.05, 4.69) is 16.3 Å². The monoisotopic (exact) mass is 235 g/mol. The van der Waals surface area contributed by atoms with Gasteiger partial charge in [-0.25, -0.2) is 0 Å². The Morgan fingerprint density at radius 3 is 3.06 bits per heavy atom. The van der Waals surface area contributed by atoms with Crippen LogP contribution in [0.2, 0.25) is 5.02 Å². The molecule has 0 amide bonds. The van der Waals surface area contributed by atoms with Crippen LogP contribution in [0.3, 0.4) is 0 Å². The quantitative estimate of drug-likeness (QED) is 0.815. The molecule has 16 heavy (non-hydrogen) atoms. The lowest BCUT2D eigenvalue weighted by Crippen LogP contribution is -2.32. The second-order valence-electron chi connectivity index (χ2n) is 3.92. The molecule has 1 saturated heterocycles. The van der Waals surface area contributed by atoms with Crippen molar-refractivity contribution >= 4 is 17.3 Å². The minimum absolute atomic E-state index is 0.399. The maximum atomic E-state index is 8.51. The smallest absolute Gasteiger partial charge is 0.0843 e. The van der Waals surface area contributed by atoms with Crippen LogP contribution in [0.15, 0.2) is 24.3 Å². The van der Waals surface area contributed by atoms with Gasteiger partial charge in [-0.15, -0.1) is 0 Å². The molecule has 1 fully saturated rings. The van der Waals surface area contributed by atoms with Crippen LogP contribution in [0, 0.1) is 11.3 Å². The molecular weight excluding hydrogens is 222 g/mol. The van der Waals surface area contributed by atoms with Crippen molar-refractivity contribution in [1.29, 1.82) is 5.26 Å². The number of hydrogen-bond donors (Lipinski definition) is 1. The summed E-state index contributed by atoms with van der Waals surface area (Å²) in [6.45, 7) is 2.33. The summed E-state index contributed by atoms with van der Waals surface area (Å²) in [5, 5.41) is 12.5. The van der Waals surface area contributed by atoms with E-state index in [0.29, 0.717) is 12.6 Å². The number of rotatable bonds is 3. The van der Waals surface area contributed by atoms with E-state index in [9.17, 15) is 0 Å². The summed E-state index contributed by atoms with van der Waals surface area (Å²) in [6, 6.07) is 10.4. The third-order valence-corrected chi connectivity index (χ3v) is 3.17. The highest BCUT2D eigenvalue weighted by molar-refractivity contribution is 6.33. The van der Waals surface area contributed by atoms with Gasteiger partial charge in [0, 0.05) is 19.1 Å². The van der Waals surface area contributed by atoms with Crippen LogP contribution in [-0.4, -0.2) is 25.7 Å². The summed E-state index contributed by atoms with van der Waals surface area (Å²) in [5.74, 6) is 0. The van der Waals surface area contributed by atoms with Gasteiger partial charge in [-0.1, -0.05) is 23.7 Å². The van der Waals surface area contributed by atoms with E-state index < -0.39 is 0 Å². The third kappa shape index (κ3) is 2.46. The van der Waals surface area contributed by atoms with E-state index in [1.165, 1.54) is 0 Å². The summed E-state index contributed by atoms with van der Waals surface area (Å²) in [4.78, 5) is 2.26. The standard InChI is InChI=1S/C12H14ClN3/c13-11-3-1-2-4-12(11)16-8-5-10(9-16)15-7-6-14/h1-4,10,15H,5,7-9H2. The summed E-state index contributed by atoms with van der Waals surface area (Å²) < 4.78 is 0. The lowest BCUT2D eigenvalue weighted by Gasteiger charge is -2.19. The molecule has 1 aromatic rings. The van der Waals surface area contributed by atoms with E-state index in [0.717, 1.165) is 30.2 Å². The maximum Gasteiger partial charge on any atom is 0.0843 e. The second-order valence-corrected chi connectivity index (χ2v) is 4.33. The molecule has 0 aromatic heterocycles. The van der Waals surface area contributed by atoms with Crippen LogP contribution in [-0.2, 0) is 0 Å². The molecule has 1 unspecified atom stereocenters. The van der Waals surface area contributed by atoms with Gasteiger partial charge in [-0.2, -0.15) is 5.26 Å². The molecule has 2 rings (SSSR count). The number of nitriles is 1. The van der Waals surface area contributed by atoms with Crippen molar-refractivity contribution in [3.63, 3.8) is 0 Å². The average Bonchev–Trinajstić information content (AvgIpc) is 2.75. The van der Waals surface area contributed by atoms with Gasteiger partial charge in [0.15, 0.2) is 0 Å². The van der Waals surface area contributed by atoms with E-state index >= 15 is 0 Å². The molecule has 0 saturated carbocycles. The number of benzene rings is 1. The second kappa shape index (κ2) is 5.20. The third-order valence-electron chi connectivity index (χ3n) is 2.85. The van der Waals surface area contributed by atoms with E-state index in [4.69, 9.17) is 16.9 Å². The molecule has 0 bridgehead atoms. The highest BCUT2D eigenvalue weighted by Crippen LogP contribution is 2.28. The average molecular weight is 236 g/mol. The van der Waals surface area contributed by atoms with Crippen molar-refractivity contribution in [3.05, 3.63) is 29.3 Å². The van der Waals surface area contributed by atoms with Gasteiger partial charge in [0.05, 0.1) is 23.3 Å². The molecule has 1 aliphatic heterocycles. The van der Waals surface area contributed by atoms with E-state index in [1.54, 1.807) is 0 Å². The highest BCUT2D eigenvalue weighted by atomic mass is 35.5. The summed E-state index contributed by atoms with van der Waals surface area (Å²) in [5.41, 5.74) is 1.09. The lowest BCUT2D eigenvalue weighted by atomic mass is 10.2. The van der Waals surface area contributed by atoms with Gasteiger partial charge < -0.3 is 4.90 Å². The number of para-hydroxylation sites is 1. The Bertz CT molecular complexity index is 399. The first-order valence-corrected chi connectivity index (χ1v) is 5.79. The topological polar surface area (TPSA) is 39.1 Å². The van der Waals surface area contributed by atoms with Crippen LogP contribution < -0.4 is 10.2 Å². The molecule has 0 aliphatic carbocycles. The molecular formula is C12H14ClN3. The zero-order valence-corrected chi connectivity index (χ0v) is 9.74. The summed E-state index contributed by atoms with van der Waals surface area (Å²) in [6.07, 6.45) is 1.06. The predicted molar refractivity (Wildman–Crippen MR) is 65.7 cm³/mol. The van der Waals surface area contributed by atoms with Crippen molar-refractivity contribution in [2.75, 3.05) is 24.5 Å².